The Balaban J connectivity index is 2.82. The van der Waals surface area contributed by atoms with E-state index in [1.54, 1.807) is 13.4 Å². The molecule has 0 aliphatic heterocycles. The first kappa shape index (κ1) is 14.2. The van der Waals surface area contributed by atoms with Gasteiger partial charge in [-0.15, -0.1) is 0 Å². The molecule has 0 spiro atoms. The zero-order valence-corrected chi connectivity index (χ0v) is 11.3. The first-order valence-electron chi connectivity index (χ1n) is 6.08. The second kappa shape index (κ2) is 6.19. The number of furan rings is 1. The fourth-order valence-corrected chi connectivity index (χ4v) is 2.05. The molecule has 0 saturated carbocycles. The van der Waals surface area contributed by atoms with Crippen LogP contribution in [-0.4, -0.2) is 36.7 Å². The Morgan fingerprint density at radius 2 is 2.29 bits per heavy atom. The number of rotatable bonds is 7. The summed E-state index contributed by atoms with van der Waals surface area (Å²) in [6.45, 7) is 8.52. The highest BCUT2D eigenvalue weighted by Crippen LogP contribution is 2.23. The van der Waals surface area contributed by atoms with E-state index in [0.29, 0.717) is 6.54 Å². The van der Waals surface area contributed by atoms with Gasteiger partial charge in [-0.2, -0.15) is 0 Å². The molecule has 0 aliphatic carbocycles. The first-order valence-corrected chi connectivity index (χ1v) is 6.08. The Morgan fingerprint density at radius 3 is 2.71 bits per heavy atom. The van der Waals surface area contributed by atoms with Gasteiger partial charge in [0.2, 0.25) is 0 Å². The van der Waals surface area contributed by atoms with E-state index in [1.165, 1.54) is 0 Å². The van der Waals surface area contributed by atoms with E-state index < -0.39 is 0 Å². The number of hydrogen-bond acceptors (Lipinski definition) is 4. The number of ether oxygens (including phenoxy) is 1. The summed E-state index contributed by atoms with van der Waals surface area (Å²) < 4.78 is 10.9. The van der Waals surface area contributed by atoms with Crippen molar-refractivity contribution in [3.05, 3.63) is 24.2 Å². The highest BCUT2D eigenvalue weighted by atomic mass is 16.5. The highest BCUT2D eigenvalue weighted by molar-refractivity contribution is 5.01. The van der Waals surface area contributed by atoms with Gasteiger partial charge in [0.25, 0.3) is 0 Å². The SMILES string of the molecule is CCN(Cc1ccco1)C(C)(CN)C(C)OC. The lowest BCUT2D eigenvalue weighted by Crippen LogP contribution is -2.58. The van der Waals surface area contributed by atoms with Crippen molar-refractivity contribution < 1.29 is 9.15 Å². The van der Waals surface area contributed by atoms with Gasteiger partial charge in [-0.05, 0) is 32.5 Å². The molecule has 0 aliphatic rings. The van der Waals surface area contributed by atoms with Gasteiger partial charge in [0.05, 0.1) is 24.5 Å². The van der Waals surface area contributed by atoms with Crippen molar-refractivity contribution in [3.63, 3.8) is 0 Å². The molecule has 17 heavy (non-hydrogen) atoms. The van der Waals surface area contributed by atoms with Crippen LogP contribution in [0.25, 0.3) is 0 Å². The minimum atomic E-state index is -0.184. The third-order valence-corrected chi connectivity index (χ3v) is 3.67. The lowest BCUT2D eigenvalue weighted by molar-refractivity contribution is -0.0354. The molecule has 2 unspecified atom stereocenters. The van der Waals surface area contributed by atoms with Crippen LogP contribution in [0.3, 0.4) is 0 Å². The normalized spacial score (nSPS) is 17.1. The van der Waals surface area contributed by atoms with Crippen LogP contribution >= 0.6 is 0 Å². The van der Waals surface area contributed by atoms with Crippen molar-refractivity contribution in [2.45, 2.75) is 39.0 Å². The van der Waals surface area contributed by atoms with Crippen molar-refractivity contribution in [1.29, 1.82) is 0 Å². The zero-order chi connectivity index (χ0) is 12.9. The number of methoxy groups -OCH3 is 1. The molecule has 1 aromatic heterocycles. The van der Waals surface area contributed by atoms with Crippen LogP contribution < -0.4 is 5.73 Å². The number of likely N-dealkylation sites (N-methyl/N-ethyl adjacent to an activating group) is 1. The molecule has 0 saturated heterocycles. The van der Waals surface area contributed by atoms with Crippen LogP contribution in [-0.2, 0) is 11.3 Å². The molecule has 1 aromatic rings. The average molecular weight is 240 g/mol. The lowest BCUT2D eigenvalue weighted by atomic mass is 9.93. The summed E-state index contributed by atoms with van der Waals surface area (Å²) in [5.41, 5.74) is 5.75. The van der Waals surface area contributed by atoms with Crippen molar-refractivity contribution >= 4 is 0 Å². The fourth-order valence-electron chi connectivity index (χ4n) is 2.05. The predicted octanol–water partition coefficient (Wildman–Crippen LogP) is 1.85. The highest BCUT2D eigenvalue weighted by Gasteiger charge is 2.36. The maximum Gasteiger partial charge on any atom is 0.117 e. The summed E-state index contributed by atoms with van der Waals surface area (Å²) in [4.78, 5) is 2.29. The van der Waals surface area contributed by atoms with Crippen molar-refractivity contribution in [3.8, 4) is 0 Å². The van der Waals surface area contributed by atoms with E-state index in [0.717, 1.165) is 18.8 Å². The number of hydrogen-bond donors (Lipinski definition) is 1. The molecule has 98 valence electrons. The van der Waals surface area contributed by atoms with E-state index in [9.17, 15) is 0 Å². The van der Waals surface area contributed by atoms with Gasteiger partial charge in [-0.25, -0.2) is 0 Å². The minimum Gasteiger partial charge on any atom is -0.468 e. The van der Waals surface area contributed by atoms with Crippen LogP contribution in [0.2, 0.25) is 0 Å². The minimum absolute atomic E-state index is 0.0717. The summed E-state index contributed by atoms with van der Waals surface area (Å²) in [5.74, 6) is 0.954. The van der Waals surface area contributed by atoms with Gasteiger partial charge < -0.3 is 14.9 Å². The van der Waals surface area contributed by atoms with Crippen LogP contribution in [0.15, 0.2) is 22.8 Å². The predicted molar refractivity (Wildman–Crippen MR) is 68.7 cm³/mol. The molecule has 1 heterocycles. The van der Waals surface area contributed by atoms with Crippen LogP contribution in [0.4, 0.5) is 0 Å². The number of nitrogens with zero attached hydrogens (tertiary/aromatic N) is 1. The topological polar surface area (TPSA) is 51.6 Å². The second-order valence-corrected chi connectivity index (χ2v) is 4.53. The Labute approximate surface area is 104 Å². The molecule has 0 bridgehead atoms. The van der Waals surface area contributed by atoms with Crippen molar-refractivity contribution in [2.24, 2.45) is 5.73 Å². The van der Waals surface area contributed by atoms with Crippen LogP contribution in [0.1, 0.15) is 26.5 Å². The van der Waals surface area contributed by atoms with E-state index in [2.05, 4.69) is 25.7 Å². The third-order valence-electron chi connectivity index (χ3n) is 3.67. The lowest BCUT2D eigenvalue weighted by Gasteiger charge is -2.43. The standard InChI is InChI=1S/C13H24N2O2/c1-5-15(9-12-7-6-8-17-12)13(3,10-14)11(2)16-4/h6-8,11H,5,9-10,14H2,1-4H3. The molecule has 1 rings (SSSR count). The van der Waals surface area contributed by atoms with Gasteiger partial charge >= 0.3 is 0 Å². The Kier molecular flexibility index (Phi) is 5.18. The summed E-state index contributed by atoms with van der Waals surface area (Å²) in [6.07, 6.45) is 1.77. The molecule has 2 atom stereocenters. The molecular weight excluding hydrogens is 216 g/mol. The average Bonchev–Trinajstić information content (AvgIpc) is 2.86. The zero-order valence-electron chi connectivity index (χ0n) is 11.3. The summed E-state index contributed by atoms with van der Waals surface area (Å²) in [5, 5.41) is 0. The van der Waals surface area contributed by atoms with E-state index in [-0.39, 0.29) is 11.6 Å². The van der Waals surface area contributed by atoms with Gasteiger partial charge in [0.15, 0.2) is 0 Å². The van der Waals surface area contributed by atoms with Gasteiger partial charge in [-0.1, -0.05) is 6.92 Å². The second-order valence-electron chi connectivity index (χ2n) is 4.53. The summed E-state index contributed by atoms with van der Waals surface area (Å²) in [7, 11) is 1.72. The van der Waals surface area contributed by atoms with Gasteiger partial charge in [0, 0.05) is 13.7 Å². The summed E-state index contributed by atoms with van der Waals surface area (Å²) in [6, 6.07) is 3.89. The van der Waals surface area contributed by atoms with Crippen molar-refractivity contribution in [1.82, 2.24) is 4.90 Å². The van der Waals surface area contributed by atoms with E-state index >= 15 is 0 Å². The molecule has 0 amide bonds. The maximum absolute atomic E-state index is 5.94. The Hall–Kier alpha value is -0.840. The molecule has 0 fully saturated rings. The smallest absolute Gasteiger partial charge is 0.117 e. The monoisotopic (exact) mass is 240 g/mol. The van der Waals surface area contributed by atoms with Gasteiger partial charge in [0.1, 0.15) is 5.76 Å². The molecule has 0 aromatic carbocycles. The quantitative estimate of drug-likeness (QED) is 0.790. The molecule has 4 heteroatoms. The van der Waals surface area contributed by atoms with Crippen LogP contribution in [0.5, 0.6) is 0 Å². The van der Waals surface area contributed by atoms with E-state index in [4.69, 9.17) is 14.9 Å². The Morgan fingerprint density at radius 1 is 1.59 bits per heavy atom. The van der Waals surface area contributed by atoms with Crippen molar-refractivity contribution in [2.75, 3.05) is 20.2 Å². The third kappa shape index (κ3) is 3.09. The fraction of sp³-hybridized carbons (Fsp3) is 0.692. The van der Waals surface area contributed by atoms with Gasteiger partial charge in [-0.3, -0.25) is 4.90 Å². The maximum atomic E-state index is 5.94. The van der Waals surface area contributed by atoms with E-state index in [1.807, 2.05) is 12.1 Å². The van der Waals surface area contributed by atoms with Crippen LogP contribution in [0, 0.1) is 0 Å². The number of nitrogens with two attached hydrogens (primary N) is 1. The first-order chi connectivity index (χ1) is 8.08. The Bertz CT molecular complexity index is 313. The summed E-state index contributed by atoms with van der Waals surface area (Å²) >= 11 is 0. The molecule has 2 N–H and O–H groups in total. The molecular formula is C13H24N2O2. The molecule has 4 nitrogen and oxygen atoms in total. The largest absolute Gasteiger partial charge is 0.468 e. The molecule has 0 radical (unpaired) electrons.